The summed E-state index contributed by atoms with van der Waals surface area (Å²) in [5, 5.41) is 10.0. The van der Waals surface area contributed by atoms with Gasteiger partial charge in [0.1, 0.15) is 0 Å². The van der Waals surface area contributed by atoms with Gasteiger partial charge >= 0.3 is 0 Å². The number of rotatable bonds is 7. The van der Waals surface area contributed by atoms with E-state index in [2.05, 4.69) is 25.8 Å². The van der Waals surface area contributed by atoms with E-state index in [1.807, 2.05) is 0 Å². The fourth-order valence-corrected chi connectivity index (χ4v) is 2.80. The minimum atomic E-state index is -0.114. The molecule has 0 aromatic carbocycles. The van der Waals surface area contributed by atoms with Crippen LogP contribution in [-0.2, 0) is 0 Å². The first kappa shape index (κ1) is 14.0. The molecule has 1 rings (SSSR count). The molecule has 2 atom stereocenters. The summed E-state index contributed by atoms with van der Waals surface area (Å²) in [5.74, 6) is 1.54. The number of aliphatic hydroxyl groups is 1. The molecule has 2 heteroatoms. The van der Waals surface area contributed by atoms with Gasteiger partial charge in [-0.1, -0.05) is 46.0 Å². The van der Waals surface area contributed by atoms with Crippen LogP contribution >= 0.6 is 0 Å². The molecule has 2 nitrogen and oxygen atoms in total. The van der Waals surface area contributed by atoms with Gasteiger partial charge in [-0.05, 0) is 25.3 Å². The lowest BCUT2D eigenvalue weighted by Gasteiger charge is -2.24. The van der Waals surface area contributed by atoms with Gasteiger partial charge in [-0.3, -0.25) is 0 Å². The first-order valence-electron chi connectivity index (χ1n) is 6.98. The normalized spacial score (nSPS) is 21.6. The molecule has 1 aliphatic rings. The molecule has 0 saturated heterocycles. The van der Waals surface area contributed by atoms with Gasteiger partial charge in [0.05, 0.1) is 6.10 Å². The minimum Gasteiger partial charge on any atom is -0.392 e. The third-order valence-corrected chi connectivity index (χ3v) is 3.92. The molecule has 1 aliphatic carbocycles. The van der Waals surface area contributed by atoms with Crippen LogP contribution in [0.25, 0.3) is 0 Å². The van der Waals surface area contributed by atoms with Crippen molar-refractivity contribution in [2.45, 2.75) is 58.5 Å². The average molecular weight is 227 g/mol. The second-order valence-corrected chi connectivity index (χ2v) is 5.77. The van der Waals surface area contributed by atoms with Gasteiger partial charge in [0.25, 0.3) is 0 Å². The average Bonchev–Trinajstić information content (AvgIpc) is 2.69. The molecular weight excluding hydrogens is 198 g/mol. The van der Waals surface area contributed by atoms with E-state index in [4.69, 9.17) is 0 Å². The molecule has 0 bridgehead atoms. The van der Waals surface area contributed by atoms with Gasteiger partial charge in [0, 0.05) is 13.1 Å². The number of hydrogen-bond donors (Lipinski definition) is 1. The predicted octanol–water partition coefficient (Wildman–Crippen LogP) is 2.91. The largest absolute Gasteiger partial charge is 0.392 e. The standard InChI is InChI=1S/C14H29NO/c1-4-12(2)10-15(3)11-14(16)9-13-7-5-6-8-13/h12-14,16H,4-11H2,1-3H3. The number of hydrogen-bond acceptors (Lipinski definition) is 2. The van der Waals surface area contributed by atoms with Gasteiger partial charge in [0.15, 0.2) is 0 Å². The summed E-state index contributed by atoms with van der Waals surface area (Å²) >= 11 is 0. The maximum absolute atomic E-state index is 10.0. The van der Waals surface area contributed by atoms with E-state index in [1.54, 1.807) is 0 Å². The van der Waals surface area contributed by atoms with Crippen LogP contribution < -0.4 is 0 Å². The van der Waals surface area contributed by atoms with Crippen molar-refractivity contribution in [3.63, 3.8) is 0 Å². The number of nitrogens with zero attached hydrogens (tertiary/aromatic N) is 1. The Morgan fingerprint density at radius 3 is 2.44 bits per heavy atom. The van der Waals surface area contributed by atoms with E-state index in [9.17, 15) is 5.11 Å². The van der Waals surface area contributed by atoms with Crippen LogP contribution in [0.5, 0.6) is 0 Å². The highest BCUT2D eigenvalue weighted by atomic mass is 16.3. The number of aliphatic hydroxyl groups excluding tert-OH is 1. The van der Waals surface area contributed by atoms with Gasteiger partial charge in [0.2, 0.25) is 0 Å². The Balaban J connectivity index is 2.14. The third-order valence-electron chi connectivity index (χ3n) is 3.92. The van der Waals surface area contributed by atoms with Gasteiger partial charge in [-0.15, -0.1) is 0 Å². The van der Waals surface area contributed by atoms with Crippen molar-refractivity contribution in [3.8, 4) is 0 Å². The summed E-state index contributed by atoms with van der Waals surface area (Å²) in [6.07, 6.45) is 7.56. The Morgan fingerprint density at radius 2 is 1.88 bits per heavy atom. The predicted molar refractivity (Wildman–Crippen MR) is 69.5 cm³/mol. The molecule has 2 unspecified atom stereocenters. The molecular formula is C14H29NO. The van der Waals surface area contributed by atoms with E-state index in [0.717, 1.165) is 31.3 Å². The fourth-order valence-electron chi connectivity index (χ4n) is 2.80. The summed E-state index contributed by atoms with van der Waals surface area (Å²) in [4.78, 5) is 2.29. The fraction of sp³-hybridized carbons (Fsp3) is 1.00. The molecule has 16 heavy (non-hydrogen) atoms. The molecule has 0 aromatic heterocycles. The summed E-state index contributed by atoms with van der Waals surface area (Å²) in [6, 6.07) is 0. The maximum Gasteiger partial charge on any atom is 0.0669 e. The van der Waals surface area contributed by atoms with Gasteiger partial charge in [-0.2, -0.15) is 0 Å². The summed E-state index contributed by atoms with van der Waals surface area (Å²) in [7, 11) is 2.13. The van der Waals surface area contributed by atoms with Crippen LogP contribution in [0.3, 0.4) is 0 Å². The van der Waals surface area contributed by atoms with E-state index < -0.39 is 0 Å². The maximum atomic E-state index is 10.0. The Kier molecular flexibility index (Phi) is 6.37. The van der Waals surface area contributed by atoms with E-state index in [-0.39, 0.29) is 6.10 Å². The van der Waals surface area contributed by atoms with Crippen molar-refractivity contribution in [2.75, 3.05) is 20.1 Å². The second-order valence-electron chi connectivity index (χ2n) is 5.77. The molecule has 0 heterocycles. The van der Waals surface area contributed by atoms with E-state index in [1.165, 1.54) is 32.1 Å². The number of likely N-dealkylation sites (N-methyl/N-ethyl adjacent to an activating group) is 1. The van der Waals surface area contributed by atoms with Crippen LogP contribution in [0, 0.1) is 11.8 Å². The van der Waals surface area contributed by atoms with Crippen LogP contribution in [0.2, 0.25) is 0 Å². The molecule has 1 N–H and O–H groups in total. The molecule has 0 amide bonds. The van der Waals surface area contributed by atoms with Crippen LogP contribution in [0.1, 0.15) is 52.4 Å². The topological polar surface area (TPSA) is 23.5 Å². The Hall–Kier alpha value is -0.0800. The summed E-state index contributed by atoms with van der Waals surface area (Å²) in [6.45, 7) is 6.46. The monoisotopic (exact) mass is 227 g/mol. The highest BCUT2D eigenvalue weighted by Crippen LogP contribution is 2.28. The minimum absolute atomic E-state index is 0.114. The van der Waals surface area contributed by atoms with Crippen molar-refractivity contribution in [1.82, 2.24) is 4.90 Å². The van der Waals surface area contributed by atoms with Crippen molar-refractivity contribution in [2.24, 2.45) is 11.8 Å². The summed E-state index contributed by atoms with van der Waals surface area (Å²) in [5.41, 5.74) is 0. The lowest BCUT2D eigenvalue weighted by Crippen LogP contribution is -2.33. The van der Waals surface area contributed by atoms with Gasteiger partial charge in [-0.25, -0.2) is 0 Å². The van der Waals surface area contributed by atoms with Gasteiger partial charge < -0.3 is 10.0 Å². The zero-order valence-electron chi connectivity index (χ0n) is 11.3. The zero-order valence-corrected chi connectivity index (χ0v) is 11.3. The Bertz CT molecular complexity index is 178. The molecule has 0 aliphatic heterocycles. The zero-order chi connectivity index (χ0) is 12.0. The van der Waals surface area contributed by atoms with Crippen molar-refractivity contribution in [1.29, 1.82) is 0 Å². The molecule has 1 saturated carbocycles. The smallest absolute Gasteiger partial charge is 0.0669 e. The molecule has 96 valence electrons. The lowest BCUT2D eigenvalue weighted by atomic mass is 9.99. The van der Waals surface area contributed by atoms with Crippen molar-refractivity contribution >= 4 is 0 Å². The first-order valence-corrected chi connectivity index (χ1v) is 6.98. The van der Waals surface area contributed by atoms with Crippen LogP contribution in [0.15, 0.2) is 0 Å². The highest BCUT2D eigenvalue weighted by molar-refractivity contribution is 4.73. The highest BCUT2D eigenvalue weighted by Gasteiger charge is 2.19. The molecule has 0 aromatic rings. The molecule has 0 radical (unpaired) electrons. The third kappa shape index (κ3) is 5.31. The molecule has 0 spiro atoms. The first-order chi connectivity index (χ1) is 7.61. The van der Waals surface area contributed by atoms with Crippen LogP contribution in [0.4, 0.5) is 0 Å². The van der Waals surface area contributed by atoms with Crippen molar-refractivity contribution in [3.05, 3.63) is 0 Å². The van der Waals surface area contributed by atoms with E-state index >= 15 is 0 Å². The van der Waals surface area contributed by atoms with Crippen molar-refractivity contribution < 1.29 is 5.11 Å². The SMILES string of the molecule is CCC(C)CN(C)CC(O)CC1CCCC1. The second kappa shape index (κ2) is 7.29. The summed E-state index contributed by atoms with van der Waals surface area (Å²) < 4.78 is 0. The quantitative estimate of drug-likeness (QED) is 0.723. The Morgan fingerprint density at radius 1 is 1.25 bits per heavy atom. The van der Waals surface area contributed by atoms with Crippen LogP contribution in [-0.4, -0.2) is 36.2 Å². The van der Waals surface area contributed by atoms with E-state index in [0.29, 0.717) is 0 Å². The Labute approximate surface area is 101 Å². The molecule has 1 fully saturated rings. The lowest BCUT2D eigenvalue weighted by molar-refractivity contribution is 0.0963.